The number of fused-ring (bicyclic) bond motifs is 1. The lowest BCUT2D eigenvalue weighted by molar-refractivity contribution is 0.00875. The normalized spacial score (nSPS) is 17.9. The lowest BCUT2D eigenvalue weighted by Crippen LogP contribution is -2.33. The summed E-state index contributed by atoms with van der Waals surface area (Å²) in [4.78, 5) is 0. The summed E-state index contributed by atoms with van der Waals surface area (Å²) in [5.74, 6) is 1.58. The van der Waals surface area contributed by atoms with Gasteiger partial charge in [0.15, 0.2) is 17.6 Å². The van der Waals surface area contributed by atoms with Crippen LogP contribution in [0.4, 0.5) is 0 Å². The molecule has 0 saturated carbocycles. The topological polar surface area (TPSA) is 71.1 Å². The van der Waals surface area contributed by atoms with Crippen molar-refractivity contribution in [2.45, 2.75) is 39.7 Å². The van der Waals surface area contributed by atoms with Gasteiger partial charge in [-0.2, -0.15) is 8.42 Å². The molecule has 6 nitrogen and oxygen atoms in total. The van der Waals surface area contributed by atoms with Crippen LogP contribution in [0.15, 0.2) is 10.8 Å². The van der Waals surface area contributed by atoms with Gasteiger partial charge < -0.3 is 14.2 Å². The first-order valence-electron chi connectivity index (χ1n) is 8.06. The molecule has 0 spiro atoms. The molecule has 1 aliphatic heterocycles. The smallest absolute Gasteiger partial charge is 0.267 e. The largest absolute Gasteiger partial charge is 0.485 e. The fourth-order valence-electron chi connectivity index (χ4n) is 1.97. The molecule has 0 radical (unpaired) electrons. The predicted octanol–water partition coefficient (Wildman–Crippen LogP) is 3.08. The Bertz CT molecular complexity index is 602. The molecule has 0 fully saturated rings. The summed E-state index contributed by atoms with van der Waals surface area (Å²) in [6.45, 7) is 7.41. The number of rotatable bonds is 9. The Labute approximate surface area is 148 Å². The molecule has 1 unspecified atom stereocenters. The van der Waals surface area contributed by atoms with Crippen molar-refractivity contribution in [2.24, 2.45) is 5.41 Å². The van der Waals surface area contributed by atoms with Gasteiger partial charge in [-0.3, -0.25) is 4.18 Å². The van der Waals surface area contributed by atoms with Crippen molar-refractivity contribution in [3.63, 3.8) is 0 Å². The van der Waals surface area contributed by atoms with Crippen LogP contribution in [0, 0.1) is 5.41 Å². The molecule has 2 heterocycles. The number of ether oxygens (including phenoxy) is 3. The highest BCUT2D eigenvalue weighted by atomic mass is 32.2. The van der Waals surface area contributed by atoms with Gasteiger partial charge in [0, 0.05) is 17.4 Å². The van der Waals surface area contributed by atoms with Crippen molar-refractivity contribution in [3.8, 4) is 11.5 Å². The Balaban J connectivity index is 1.54. The van der Waals surface area contributed by atoms with Gasteiger partial charge in [0.1, 0.15) is 6.61 Å². The maximum atomic E-state index is 11.8. The van der Waals surface area contributed by atoms with Crippen LogP contribution in [0.25, 0.3) is 0 Å². The average molecular weight is 379 g/mol. The maximum absolute atomic E-state index is 11.8. The van der Waals surface area contributed by atoms with Crippen LogP contribution >= 0.6 is 11.3 Å². The second-order valence-electron chi connectivity index (χ2n) is 7.02. The first-order valence-corrected chi connectivity index (χ1v) is 10.6. The molecule has 1 aromatic heterocycles. The first kappa shape index (κ1) is 19.5. The van der Waals surface area contributed by atoms with Gasteiger partial charge in [-0.25, -0.2) is 0 Å². The molecule has 0 aromatic carbocycles. The van der Waals surface area contributed by atoms with E-state index in [0.717, 1.165) is 11.5 Å². The fraction of sp³-hybridized carbons (Fsp3) is 0.750. The highest BCUT2D eigenvalue weighted by Crippen LogP contribution is 2.35. The van der Waals surface area contributed by atoms with Crippen LogP contribution in [0.3, 0.4) is 0 Å². The zero-order valence-corrected chi connectivity index (χ0v) is 16.1. The van der Waals surface area contributed by atoms with E-state index in [2.05, 4.69) is 0 Å². The zero-order valence-electron chi connectivity index (χ0n) is 14.4. The summed E-state index contributed by atoms with van der Waals surface area (Å²) in [7, 11) is -3.45. The molecule has 1 aromatic rings. The van der Waals surface area contributed by atoms with Crippen LogP contribution in [0.5, 0.6) is 11.5 Å². The van der Waals surface area contributed by atoms with Crippen molar-refractivity contribution < 1.29 is 26.8 Å². The summed E-state index contributed by atoms with van der Waals surface area (Å²) >= 11 is 1.54. The number of thiophene rings is 1. The van der Waals surface area contributed by atoms with Gasteiger partial charge >= 0.3 is 0 Å². The fourth-order valence-corrected chi connectivity index (χ4v) is 3.85. The van der Waals surface area contributed by atoms with Gasteiger partial charge in [-0.1, -0.05) is 20.8 Å². The molecule has 0 N–H and O–H groups in total. The van der Waals surface area contributed by atoms with Gasteiger partial charge in [0.05, 0.1) is 19.0 Å². The van der Waals surface area contributed by atoms with E-state index in [1.165, 1.54) is 0 Å². The van der Waals surface area contributed by atoms with Gasteiger partial charge in [-0.15, -0.1) is 11.3 Å². The minimum atomic E-state index is -3.45. The standard InChI is InChI=1S/C16H26O6S2/c1-16(2,3)12-21-24(17,18)7-5-4-6-19-8-13-9-20-14-10-23-11-15(14)22-13/h10-11,13H,4-9,12H2,1-3H3. The van der Waals surface area contributed by atoms with Gasteiger partial charge in [0.2, 0.25) is 0 Å². The Morgan fingerprint density at radius 1 is 1.25 bits per heavy atom. The quantitative estimate of drug-likeness (QED) is 0.486. The maximum Gasteiger partial charge on any atom is 0.267 e. The van der Waals surface area contributed by atoms with E-state index >= 15 is 0 Å². The van der Waals surface area contributed by atoms with Crippen LogP contribution in [0.1, 0.15) is 33.6 Å². The van der Waals surface area contributed by atoms with E-state index in [1.807, 2.05) is 31.5 Å². The lowest BCUT2D eigenvalue weighted by Gasteiger charge is -2.24. The molecule has 1 aliphatic rings. The van der Waals surface area contributed by atoms with Crippen LogP contribution in [-0.4, -0.2) is 46.7 Å². The van der Waals surface area contributed by atoms with E-state index in [1.54, 1.807) is 11.3 Å². The van der Waals surface area contributed by atoms with E-state index in [9.17, 15) is 8.42 Å². The monoisotopic (exact) mass is 378 g/mol. The molecule has 8 heteroatoms. The Hall–Kier alpha value is -0.830. The summed E-state index contributed by atoms with van der Waals surface area (Å²) in [6, 6.07) is 0. The Morgan fingerprint density at radius 2 is 2.00 bits per heavy atom. The molecule has 24 heavy (non-hydrogen) atoms. The van der Waals surface area contributed by atoms with Crippen molar-refractivity contribution in [2.75, 3.05) is 32.2 Å². The van der Waals surface area contributed by atoms with Crippen molar-refractivity contribution >= 4 is 21.5 Å². The highest BCUT2D eigenvalue weighted by Gasteiger charge is 2.22. The SMILES string of the molecule is CC(C)(C)COS(=O)(=O)CCCCOCC1COc2cscc2O1. The molecule has 2 rings (SSSR count). The molecule has 0 bridgehead atoms. The van der Waals surface area contributed by atoms with E-state index in [-0.39, 0.29) is 23.9 Å². The highest BCUT2D eigenvalue weighted by molar-refractivity contribution is 7.86. The minimum absolute atomic E-state index is 0.0216. The van der Waals surface area contributed by atoms with Crippen LogP contribution in [-0.2, 0) is 19.0 Å². The van der Waals surface area contributed by atoms with Crippen molar-refractivity contribution in [1.82, 2.24) is 0 Å². The number of hydrogen-bond donors (Lipinski definition) is 0. The average Bonchev–Trinajstić information content (AvgIpc) is 2.96. The third kappa shape index (κ3) is 6.96. The summed E-state index contributed by atoms with van der Waals surface area (Å²) in [6.07, 6.45) is 1.06. The lowest BCUT2D eigenvalue weighted by atomic mass is 9.99. The number of hydrogen-bond acceptors (Lipinski definition) is 7. The first-order chi connectivity index (χ1) is 11.3. The summed E-state index contributed by atoms with van der Waals surface area (Å²) in [5.41, 5.74) is -0.166. The second-order valence-corrected chi connectivity index (χ2v) is 9.52. The molecule has 0 saturated heterocycles. The third-order valence-electron chi connectivity index (χ3n) is 3.22. The molecule has 138 valence electrons. The third-order valence-corrected chi connectivity index (χ3v) is 5.19. The second kappa shape index (κ2) is 8.51. The van der Waals surface area contributed by atoms with Crippen molar-refractivity contribution in [3.05, 3.63) is 10.8 Å². The summed E-state index contributed by atoms with van der Waals surface area (Å²) in [5, 5.41) is 3.82. The minimum Gasteiger partial charge on any atom is -0.485 e. The van der Waals surface area contributed by atoms with E-state index in [4.69, 9.17) is 18.4 Å². The van der Waals surface area contributed by atoms with E-state index < -0.39 is 10.1 Å². The summed E-state index contributed by atoms with van der Waals surface area (Å²) < 4.78 is 45.4. The molecule has 1 atom stereocenters. The van der Waals surface area contributed by atoms with Crippen molar-refractivity contribution in [1.29, 1.82) is 0 Å². The molecular weight excluding hydrogens is 352 g/mol. The number of unbranched alkanes of at least 4 members (excludes halogenated alkanes) is 1. The zero-order chi connectivity index (χ0) is 17.6. The van der Waals surface area contributed by atoms with Gasteiger partial charge in [0.25, 0.3) is 10.1 Å². The molecule has 0 amide bonds. The van der Waals surface area contributed by atoms with Crippen LogP contribution in [0.2, 0.25) is 0 Å². The predicted molar refractivity (Wildman–Crippen MR) is 93.5 cm³/mol. The Morgan fingerprint density at radius 3 is 2.75 bits per heavy atom. The molecule has 0 aliphatic carbocycles. The Kier molecular flexibility index (Phi) is 6.91. The molecular formula is C16H26O6S2. The van der Waals surface area contributed by atoms with E-state index in [0.29, 0.717) is 32.7 Å². The van der Waals surface area contributed by atoms with Gasteiger partial charge in [-0.05, 0) is 18.3 Å². The van der Waals surface area contributed by atoms with Crippen LogP contribution < -0.4 is 9.47 Å².